The second-order valence-electron chi connectivity index (χ2n) is 5.91. The minimum absolute atomic E-state index is 0.342. The van der Waals surface area contributed by atoms with Crippen LogP contribution in [0.2, 0.25) is 10.0 Å². The molecule has 5 heteroatoms. The quantitative estimate of drug-likeness (QED) is 0.761. The van der Waals surface area contributed by atoms with Gasteiger partial charge in [0.15, 0.2) is 0 Å². The highest BCUT2D eigenvalue weighted by molar-refractivity contribution is 6.42. The fourth-order valence-corrected chi connectivity index (χ4v) is 3.08. The Bertz CT molecular complexity index is 672. The van der Waals surface area contributed by atoms with Gasteiger partial charge in [0.05, 0.1) is 16.1 Å². The van der Waals surface area contributed by atoms with Gasteiger partial charge in [-0.25, -0.2) is 0 Å². The zero-order valence-electron chi connectivity index (χ0n) is 13.4. The maximum absolute atomic E-state index is 6.05. The third-order valence-corrected chi connectivity index (χ3v) is 4.80. The Morgan fingerprint density at radius 3 is 2.79 bits per heavy atom. The number of ether oxygens (including phenoxy) is 2. The molecule has 1 unspecified atom stereocenters. The fraction of sp³-hybridized carbons (Fsp3) is 0.368. The monoisotopic (exact) mass is 365 g/mol. The molecular weight excluding hydrogens is 345 g/mol. The average Bonchev–Trinajstić information content (AvgIpc) is 3.10. The molecule has 1 heterocycles. The molecule has 1 saturated heterocycles. The van der Waals surface area contributed by atoms with Crippen molar-refractivity contribution in [1.82, 2.24) is 5.32 Å². The fourth-order valence-electron chi connectivity index (χ4n) is 2.75. The summed E-state index contributed by atoms with van der Waals surface area (Å²) in [6.45, 7) is 2.98. The van der Waals surface area contributed by atoms with Crippen molar-refractivity contribution in [2.24, 2.45) is 0 Å². The van der Waals surface area contributed by atoms with E-state index < -0.39 is 0 Å². The van der Waals surface area contributed by atoms with Crippen molar-refractivity contribution in [2.45, 2.75) is 32.1 Å². The van der Waals surface area contributed by atoms with Gasteiger partial charge in [-0.15, -0.1) is 0 Å². The molecule has 24 heavy (non-hydrogen) atoms. The zero-order chi connectivity index (χ0) is 16.8. The minimum atomic E-state index is 0.342. The molecule has 1 fully saturated rings. The van der Waals surface area contributed by atoms with E-state index in [0.717, 1.165) is 49.4 Å². The molecule has 0 radical (unpaired) electrons. The predicted molar refractivity (Wildman–Crippen MR) is 97.9 cm³/mol. The molecule has 3 rings (SSSR count). The van der Waals surface area contributed by atoms with Gasteiger partial charge < -0.3 is 14.8 Å². The first-order chi connectivity index (χ1) is 11.7. The summed E-state index contributed by atoms with van der Waals surface area (Å²) in [7, 11) is 0. The van der Waals surface area contributed by atoms with E-state index in [1.54, 1.807) is 6.07 Å². The largest absolute Gasteiger partial charge is 0.489 e. The van der Waals surface area contributed by atoms with Gasteiger partial charge in [-0.2, -0.15) is 0 Å². The van der Waals surface area contributed by atoms with E-state index in [9.17, 15) is 0 Å². The van der Waals surface area contributed by atoms with Crippen LogP contribution >= 0.6 is 23.2 Å². The van der Waals surface area contributed by atoms with Gasteiger partial charge >= 0.3 is 0 Å². The first kappa shape index (κ1) is 17.6. The highest BCUT2D eigenvalue weighted by Crippen LogP contribution is 2.24. The van der Waals surface area contributed by atoms with Crippen molar-refractivity contribution >= 4 is 23.2 Å². The molecule has 1 aliphatic heterocycles. The van der Waals surface area contributed by atoms with Gasteiger partial charge in [-0.1, -0.05) is 47.5 Å². The van der Waals surface area contributed by atoms with Crippen LogP contribution < -0.4 is 10.1 Å². The second-order valence-corrected chi connectivity index (χ2v) is 6.73. The van der Waals surface area contributed by atoms with Crippen LogP contribution in [-0.4, -0.2) is 19.3 Å². The van der Waals surface area contributed by atoms with Gasteiger partial charge in [0, 0.05) is 25.3 Å². The van der Waals surface area contributed by atoms with Crippen molar-refractivity contribution in [3.05, 3.63) is 63.6 Å². The molecule has 1 N–H and O–H groups in total. The lowest BCUT2D eigenvalue weighted by Gasteiger charge is -2.14. The summed E-state index contributed by atoms with van der Waals surface area (Å²) in [6.07, 6.45) is 2.65. The predicted octanol–water partition coefficient (Wildman–Crippen LogP) is 4.84. The van der Waals surface area contributed by atoms with Crippen LogP contribution in [0.15, 0.2) is 42.5 Å². The topological polar surface area (TPSA) is 30.5 Å². The molecule has 0 spiro atoms. The lowest BCUT2D eigenvalue weighted by molar-refractivity contribution is 0.110. The molecule has 0 bridgehead atoms. The minimum Gasteiger partial charge on any atom is -0.489 e. The number of hydrogen-bond donors (Lipinski definition) is 1. The number of hydrogen-bond acceptors (Lipinski definition) is 3. The van der Waals surface area contributed by atoms with Gasteiger partial charge in [0.1, 0.15) is 12.4 Å². The van der Waals surface area contributed by atoms with Crippen molar-refractivity contribution < 1.29 is 9.47 Å². The summed E-state index contributed by atoms with van der Waals surface area (Å²) in [5, 5.41) is 4.56. The van der Waals surface area contributed by atoms with E-state index in [1.807, 2.05) is 30.3 Å². The summed E-state index contributed by atoms with van der Waals surface area (Å²) in [5.74, 6) is 0.878. The summed E-state index contributed by atoms with van der Waals surface area (Å²) in [6, 6.07) is 13.6. The number of rotatable bonds is 7. The highest BCUT2D eigenvalue weighted by atomic mass is 35.5. The first-order valence-electron chi connectivity index (χ1n) is 8.19. The third kappa shape index (κ3) is 4.87. The van der Waals surface area contributed by atoms with E-state index in [1.165, 1.54) is 0 Å². The Kier molecular flexibility index (Phi) is 6.38. The molecule has 1 atom stereocenters. The van der Waals surface area contributed by atoms with E-state index in [0.29, 0.717) is 22.8 Å². The number of benzene rings is 2. The first-order valence-corrected chi connectivity index (χ1v) is 8.95. The molecular formula is C19H21Cl2NO2. The highest BCUT2D eigenvalue weighted by Gasteiger charge is 2.14. The van der Waals surface area contributed by atoms with Crippen molar-refractivity contribution in [1.29, 1.82) is 0 Å². The molecule has 3 nitrogen and oxygen atoms in total. The lowest BCUT2D eigenvalue weighted by Crippen LogP contribution is -2.25. The number of halogens is 2. The zero-order valence-corrected chi connectivity index (χ0v) is 14.9. The normalized spacial score (nSPS) is 17.2. The van der Waals surface area contributed by atoms with Crippen LogP contribution in [0.3, 0.4) is 0 Å². The molecule has 0 aliphatic carbocycles. The molecule has 2 aromatic rings. The molecule has 2 aromatic carbocycles. The molecule has 0 saturated carbocycles. The lowest BCUT2D eigenvalue weighted by atomic mass is 10.2. The summed E-state index contributed by atoms with van der Waals surface area (Å²) in [4.78, 5) is 0. The van der Waals surface area contributed by atoms with Crippen LogP contribution in [0.5, 0.6) is 5.75 Å². The Balaban J connectivity index is 1.55. The standard InChI is InChI=1S/C19H21Cl2NO2/c20-17-8-7-14(10-18(17)21)13-24-19-6-2-1-4-15(19)11-22-12-16-5-3-9-23-16/h1-2,4,6-8,10,16,22H,3,5,9,11-13H2. The van der Waals surface area contributed by atoms with Crippen molar-refractivity contribution in [3.8, 4) is 5.75 Å². The molecule has 0 amide bonds. The maximum Gasteiger partial charge on any atom is 0.124 e. The maximum atomic E-state index is 6.05. The SMILES string of the molecule is Clc1ccc(COc2ccccc2CNCC2CCCO2)cc1Cl. The van der Waals surface area contributed by atoms with E-state index in [-0.39, 0.29) is 0 Å². The van der Waals surface area contributed by atoms with Crippen molar-refractivity contribution in [3.63, 3.8) is 0 Å². The molecule has 128 valence electrons. The average molecular weight is 366 g/mol. The van der Waals surface area contributed by atoms with E-state index >= 15 is 0 Å². The van der Waals surface area contributed by atoms with Crippen molar-refractivity contribution in [2.75, 3.05) is 13.2 Å². The molecule has 1 aliphatic rings. The Morgan fingerprint density at radius 2 is 2.00 bits per heavy atom. The van der Waals surface area contributed by atoms with Gasteiger partial charge in [-0.05, 0) is 36.6 Å². The van der Waals surface area contributed by atoms with Crippen LogP contribution in [-0.2, 0) is 17.9 Å². The Labute approximate surface area is 152 Å². The van der Waals surface area contributed by atoms with Gasteiger partial charge in [0.25, 0.3) is 0 Å². The van der Waals surface area contributed by atoms with E-state index in [2.05, 4.69) is 11.4 Å². The van der Waals surface area contributed by atoms with E-state index in [4.69, 9.17) is 32.7 Å². The van der Waals surface area contributed by atoms with Gasteiger partial charge in [0.2, 0.25) is 0 Å². The molecule has 0 aromatic heterocycles. The van der Waals surface area contributed by atoms with Crippen LogP contribution in [0, 0.1) is 0 Å². The van der Waals surface area contributed by atoms with Crippen LogP contribution in [0.1, 0.15) is 24.0 Å². The summed E-state index contributed by atoms with van der Waals surface area (Å²) < 4.78 is 11.6. The smallest absolute Gasteiger partial charge is 0.124 e. The summed E-state index contributed by atoms with van der Waals surface area (Å²) in [5.41, 5.74) is 2.13. The second kappa shape index (κ2) is 8.72. The summed E-state index contributed by atoms with van der Waals surface area (Å²) >= 11 is 12.0. The van der Waals surface area contributed by atoms with Crippen LogP contribution in [0.25, 0.3) is 0 Å². The number of para-hydroxylation sites is 1. The Hall–Kier alpha value is -1.26. The Morgan fingerprint density at radius 1 is 1.12 bits per heavy atom. The van der Waals surface area contributed by atoms with Crippen LogP contribution in [0.4, 0.5) is 0 Å². The third-order valence-electron chi connectivity index (χ3n) is 4.06. The van der Waals surface area contributed by atoms with Gasteiger partial charge in [-0.3, -0.25) is 0 Å². The number of nitrogens with one attached hydrogen (secondary N) is 1.